The highest BCUT2D eigenvalue weighted by Crippen LogP contribution is 2.25. The monoisotopic (exact) mass is 507 g/mol. The van der Waals surface area contributed by atoms with Gasteiger partial charge in [-0.15, -0.1) is 0 Å². The molecule has 3 aromatic rings. The van der Waals surface area contributed by atoms with Crippen molar-refractivity contribution < 1.29 is 14.3 Å². The number of para-hydroxylation sites is 2. The molecule has 2 amide bonds. The molecule has 11 nitrogen and oxygen atoms in total. The molecule has 2 aliphatic heterocycles. The minimum Gasteiger partial charge on any atom is -0.379 e. The topological polar surface area (TPSA) is 117 Å². The third-order valence-electron chi connectivity index (χ3n) is 7.26. The van der Waals surface area contributed by atoms with Crippen molar-refractivity contribution in [2.75, 3.05) is 59.0 Å². The van der Waals surface area contributed by atoms with E-state index in [0.29, 0.717) is 58.8 Å². The Morgan fingerprint density at radius 3 is 2.59 bits per heavy atom. The minimum absolute atomic E-state index is 0.0213. The quantitative estimate of drug-likeness (QED) is 0.486. The number of carbonyl (C=O) groups excluding carboxylic acids is 2. The summed E-state index contributed by atoms with van der Waals surface area (Å²) < 4.78 is 7.24. The highest BCUT2D eigenvalue weighted by atomic mass is 16.5. The molecule has 4 heterocycles. The van der Waals surface area contributed by atoms with Crippen molar-refractivity contribution in [3.05, 3.63) is 59.0 Å². The van der Waals surface area contributed by atoms with Crippen LogP contribution in [0.2, 0.25) is 0 Å². The molecule has 2 fully saturated rings. The number of piperidine rings is 1. The molecule has 0 spiro atoms. The van der Waals surface area contributed by atoms with Crippen LogP contribution in [-0.4, -0.2) is 105 Å². The number of nitrogens with one attached hydrogen (secondary N) is 1. The van der Waals surface area contributed by atoms with Crippen LogP contribution in [0.1, 0.15) is 35.8 Å². The zero-order valence-electron chi connectivity index (χ0n) is 20.9. The lowest BCUT2D eigenvalue weighted by atomic mass is 10.0. The molecular formula is C26H33N7O4. The van der Waals surface area contributed by atoms with Gasteiger partial charge in [-0.25, -0.2) is 9.78 Å². The second kappa shape index (κ2) is 11.7. The standard InChI is InChI=1S/C26H33N7O4/c34-24(31-10-5-20(6-11-31)33-23-4-2-1-3-21(23)29-26(33)36)7-12-32(14-13-30-15-17-37-18-16-30)25(35)22-19-27-8-9-28-22/h1-4,8-9,19-20H,5-7,10-18H2,(H,29,36). The fourth-order valence-corrected chi connectivity index (χ4v) is 5.17. The Balaban J connectivity index is 1.18. The van der Waals surface area contributed by atoms with E-state index in [2.05, 4.69) is 19.9 Å². The Morgan fingerprint density at radius 2 is 1.84 bits per heavy atom. The molecule has 5 rings (SSSR count). The molecule has 0 unspecified atom stereocenters. The maximum absolute atomic E-state index is 13.1. The maximum Gasteiger partial charge on any atom is 0.326 e. The summed E-state index contributed by atoms with van der Waals surface area (Å²) in [6, 6.07) is 7.74. The van der Waals surface area contributed by atoms with Gasteiger partial charge in [-0.05, 0) is 25.0 Å². The van der Waals surface area contributed by atoms with Crippen LogP contribution < -0.4 is 5.69 Å². The number of likely N-dealkylation sites (tertiary alicyclic amines) is 1. The summed E-state index contributed by atoms with van der Waals surface area (Å²) in [4.78, 5) is 55.7. The molecule has 0 radical (unpaired) electrons. The van der Waals surface area contributed by atoms with E-state index in [4.69, 9.17) is 4.74 Å². The van der Waals surface area contributed by atoms with E-state index in [0.717, 1.165) is 24.1 Å². The van der Waals surface area contributed by atoms with Crippen LogP contribution in [0.25, 0.3) is 11.0 Å². The van der Waals surface area contributed by atoms with Gasteiger partial charge in [-0.2, -0.15) is 0 Å². The Bertz CT molecular complexity index is 1260. The number of amides is 2. The predicted molar refractivity (Wildman–Crippen MR) is 137 cm³/mol. The molecule has 2 saturated heterocycles. The third kappa shape index (κ3) is 5.89. The molecule has 1 aromatic carbocycles. The normalized spacial score (nSPS) is 17.2. The second-order valence-corrected chi connectivity index (χ2v) is 9.52. The van der Waals surface area contributed by atoms with Crippen molar-refractivity contribution in [1.29, 1.82) is 0 Å². The van der Waals surface area contributed by atoms with Gasteiger partial charge >= 0.3 is 5.69 Å². The number of nitrogens with zero attached hydrogens (tertiary/aromatic N) is 6. The van der Waals surface area contributed by atoms with Gasteiger partial charge in [0.15, 0.2) is 0 Å². The first kappa shape index (κ1) is 25.1. The number of aromatic amines is 1. The molecule has 196 valence electrons. The van der Waals surface area contributed by atoms with Gasteiger partial charge in [-0.3, -0.25) is 24.0 Å². The first-order chi connectivity index (χ1) is 18.1. The number of morpholine rings is 1. The molecule has 11 heteroatoms. The zero-order chi connectivity index (χ0) is 25.6. The van der Waals surface area contributed by atoms with Crippen molar-refractivity contribution >= 4 is 22.8 Å². The summed E-state index contributed by atoms with van der Waals surface area (Å²) in [6.45, 7) is 5.77. The fourth-order valence-electron chi connectivity index (χ4n) is 5.17. The summed E-state index contributed by atoms with van der Waals surface area (Å²) in [5.41, 5.74) is 1.90. The van der Waals surface area contributed by atoms with Gasteiger partial charge in [0.2, 0.25) is 5.91 Å². The number of H-pyrrole nitrogens is 1. The SMILES string of the molecule is O=C(CCN(CCN1CCOCC1)C(=O)c1cnccn1)N1CCC(n2c(=O)[nH]c3ccccc32)CC1. The van der Waals surface area contributed by atoms with Crippen molar-refractivity contribution in [2.24, 2.45) is 0 Å². The van der Waals surface area contributed by atoms with Gasteiger partial charge in [0.1, 0.15) is 5.69 Å². The molecule has 0 atom stereocenters. The second-order valence-electron chi connectivity index (χ2n) is 9.52. The van der Waals surface area contributed by atoms with Crippen molar-refractivity contribution in [2.45, 2.75) is 25.3 Å². The minimum atomic E-state index is -0.216. The summed E-state index contributed by atoms with van der Waals surface area (Å²) >= 11 is 0. The van der Waals surface area contributed by atoms with Crippen molar-refractivity contribution in [3.63, 3.8) is 0 Å². The van der Waals surface area contributed by atoms with Crippen LogP contribution in [0.3, 0.4) is 0 Å². The molecule has 37 heavy (non-hydrogen) atoms. The van der Waals surface area contributed by atoms with Gasteiger partial charge in [0.05, 0.1) is 30.4 Å². The highest BCUT2D eigenvalue weighted by molar-refractivity contribution is 5.92. The van der Waals surface area contributed by atoms with Crippen molar-refractivity contribution in [1.82, 2.24) is 34.2 Å². The van der Waals surface area contributed by atoms with Gasteiger partial charge in [-0.1, -0.05) is 12.1 Å². The van der Waals surface area contributed by atoms with E-state index < -0.39 is 0 Å². The number of hydrogen-bond acceptors (Lipinski definition) is 7. The summed E-state index contributed by atoms with van der Waals surface area (Å²) in [7, 11) is 0. The van der Waals surface area contributed by atoms with Crippen molar-refractivity contribution in [3.8, 4) is 0 Å². The first-order valence-corrected chi connectivity index (χ1v) is 12.9. The fraction of sp³-hybridized carbons (Fsp3) is 0.500. The Kier molecular flexibility index (Phi) is 7.90. The van der Waals surface area contributed by atoms with E-state index in [1.807, 2.05) is 33.7 Å². The molecule has 0 saturated carbocycles. The first-order valence-electron chi connectivity index (χ1n) is 12.9. The summed E-state index contributed by atoms with van der Waals surface area (Å²) in [5.74, 6) is -0.195. The lowest BCUT2D eigenvalue weighted by Gasteiger charge is -2.33. The average Bonchev–Trinajstić information content (AvgIpc) is 3.29. The van der Waals surface area contributed by atoms with E-state index in [-0.39, 0.29) is 35.7 Å². The number of imidazole rings is 1. The lowest BCUT2D eigenvalue weighted by molar-refractivity contribution is -0.132. The Labute approximate surface area is 215 Å². The van der Waals surface area contributed by atoms with Crippen LogP contribution in [0.5, 0.6) is 0 Å². The van der Waals surface area contributed by atoms with Gasteiger partial charge < -0.3 is 19.5 Å². The molecule has 2 aliphatic rings. The van der Waals surface area contributed by atoms with Crippen LogP contribution >= 0.6 is 0 Å². The molecule has 0 aliphatic carbocycles. The summed E-state index contributed by atoms with van der Waals surface area (Å²) in [5, 5.41) is 0. The van der Waals surface area contributed by atoms with Gasteiger partial charge in [0.25, 0.3) is 5.91 Å². The highest BCUT2D eigenvalue weighted by Gasteiger charge is 2.27. The number of benzene rings is 1. The van der Waals surface area contributed by atoms with Gasteiger partial charge in [0, 0.05) is 70.7 Å². The number of aromatic nitrogens is 4. The smallest absolute Gasteiger partial charge is 0.326 e. The third-order valence-corrected chi connectivity index (χ3v) is 7.26. The maximum atomic E-state index is 13.1. The van der Waals surface area contributed by atoms with E-state index in [1.54, 1.807) is 4.90 Å². The average molecular weight is 508 g/mol. The predicted octanol–water partition coefficient (Wildman–Crippen LogP) is 1.15. The number of carbonyl (C=O) groups is 2. The number of ether oxygens (including phenoxy) is 1. The lowest BCUT2D eigenvalue weighted by Crippen LogP contribution is -2.45. The molecule has 0 bridgehead atoms. The number of fused-ring (bicyclic) bond motifs is 1. The zero-order valence-corrected chi connectivity index (χ0v) is 20.9. The van der Waals surface area contributed by atoms with Crippen LogP contribution in [0.15, 0.2) is 47.7 Å². The van der Waals surface area contributed by atoms with E-state index in [1.165, 1.54) is 18.6 Å². The van der Waals surface area contributed by atoms with Crippen LogP contribution in [-0.2, 0) is 9.53 Å². The van der Waals surface area contributed by atoms with E-state index in [9.17, 15) is 14.4 Å². The number of rotatable bonds is 8. The summed E-state index contributed by atoms with van der Waals surface area (Å²) in [6.07, 6.45) is 6.17. The molecule has 1 N–H and O–H groups in total. The van der Waals surface area contributed by atoms with Crippen LogP contribution in [0, 0.1) is 0 Å². The molecule has 2 aromatic heterocycles. The Hall–Kier alpha value is -3.57. The van der Waals surface area contributed by atoms with Crippen LogP contribution in [0.4, 0.5) is 0 Å². The number of hydrogen-bond donors (Lipinski definition) is 1. The largest absolute Gasteiger partial charge is 0.379 e. The molecular weight excluding hydrogens is 474 g/mol. The Morgan fingerprint density at radius 1 is 1.05 bits per heavy atom. The van der Waals surface area contributed by atoms with E-state index >= 15 is 0 Å².